The minimum absolute atomic E-state index is 0.402. The first-order chi connectivity index (χ1) is 7.38. The zero-order valence-electron chi connectivity index (χ0n) is 9.41. The lowest BCUT2D eigenvalue weighted by molar-refractivity contribution is 0.148. The Bertz CT molecular complexity index is 288. The molecule has 1 saturated carbocycles. The number of pyridine rings is 1. The molecule has 0 N–H and O–H groups in total. The molecule has 0 spiro atoms. The molecular formula is C13H19NO. The van der Waals surface area contributed by atoms with Crippen LogP contribution in [0.5, 0.6) is 5.88 Å². The van der Waals surface area contributed by atoms with Gasteiger partial charge < -0.3 is 4.74 Å². The van der Waals surface area contributed by atoms with Crippen LogP contribution in [0.4, 0.5) is 0 Å². The SMILES string of the molecule is CCc1ccc(OC2CCCCC2)nc1. The van der Waals surface area contributed by atoms with Gasteiger partial charge >= 0.3 is 0 Å². The molecule has 1 aliphatic rings. The summed E-state index contributed by atoms with van der Waals surface area (Å²) >= 11 is 0. The Morgan fingerprint density at radius 2 is 2.07 bits per heavy atom. The minimum Gasteiger partial charge on any atom is -0.474 e. The molecule has 0 unspecified atom stereocenters. The predicted molar refractivity (Wildman–Crippen MR) is 61.1 cm³/mol. The first-order valence-electron chi connectivity index (χ1n) is 6.00. The van der Waals surface area contributed by atoms with E-state index in [4.69, 9.17) is 4.74 Å². The third-order valence-electron chi connectivity index (χ3n) is 3.05. The van der Waals surface area contributed by atoms with Crippen molar-refractivity contribution in [3.63, 3.8) is 0 Å². The molecule has 0 aromatic carbocycles. The number of rotatable bonds is 3. The Balaban J connectivity index is 1.91. The van der Waals surface area contributed by atoms with Crippen LogP contribution in [0.3, 0.4) is 0 Å². The van der Waals surface area contributed by atoms with E-state index in [1.54, 1.807) is 0 Å². The normalized spacial score (nSPS) is 17.7. The van der Waals surface area contributed by atoms with Crippen molar-refractivity contribution in [2.45, 2.75) is 51.6 Å². The second-order valence-electron chi connectivity index (χ2n) is 4.24. The summed E-state index contributed by atoms with van der Waals surface area (Å²) in [5.74, 6) is 0.791. The van der Waals surface area contributed by atoms with Gasteiger partial charge in [0.25, 0.3) is 0 Å². The molecule has 0 radical (unpaired) electrons. The van der Waals surface area contributed by atoms with Crippen molar-refractivity contribution in [2.75, 3.05) is 0 Å². The van der Waals surface area contributed by atoms with E-state index in [-0.39, 0.29) is 0 Å². The molecule has 0 amide bonds. The van der Waals surface area contributed by atoms with Crippen LogP contribution < -0.4 is 4.74 Å². The molecule has 1 fully saturated rings. The number of nitrogens with zero attached hydrogens (tertiary/aromatic N) is 1. The van der Waals surface area contributed by atoms with Gasteiger partial charge in [0, 0.05) is 12.3 Å². The van der Waals surface area contributed by atoms with Gasteiger partial charge in [0.2, 0.25) is 5.88 Å². The third-order valence-corrected chi connectivity index (χ3v) is 3.05. The third kappa shape index (κ3) is 2.95. The highest BCUT2D eigenvalue weighted by Crippen LogP contribution is 2.22. The molecular weight excluding hydrogens is 186 g/mol. The first-order valence-corrected chi connectivity index (χ1v) is 6.00. The highest BCUT2D eigenvalue weighted by Gasteiger charge is 2.14. The summed E-state index contributed by atoms with van der Waals surface area (Å²) in [7, 11) is 0. The van der Waals surface area contributed by atoms with Crippen molar-refractivity contribution in [3.05, 3.63) is 23.9 Å². The second kappa shape index (κ2) is 5.15. The van der Waals surface area contributed by atoms with E-state index in [9.17, 15) is 0 Å². The molecule has 1 aromatic rings. The van der Waals surface area contributed by atoms with Crippen molar-refractivity contribution in [3.8, 4) is 5.88 Å². The van der Waals surface area contributed by atoms with Gasteiger partial charge in [0.1, 0.15) is 6.10 Å². The van der Waals surface area contributed by atoms with E-state index in [2.05, 4.69) is 18.0 Å². The highest BCUT2D eigenvalue weighted by molar-refractivity contribution is 5.17. The summed E-state index contributed by atoms with van der Waals surface area (Å²) in [4.78, 5) is 4.32. The zero-order chi connectivity index (χ0) is 10.5. The molecule has 0 bridgehead atoms. The van der Waals surface area contributed by atoms with Crippen LogP contribution in [0.25, 0.3) is 0 Å². The average Bonchev–Trinajstić information content (AvgIpc) is 2.31. The van der Waals surface area contributed by atoms with E-state index in [0.29, 0.717) is 6.10 Å². The Labute approximate surface area is 91.7 Å². The first kappa shape index (κ1) is 10.5. The Morgan fingerprint density at radius 1 is 1.27 bits per heavy atom. The molecule has 1 aliphatic carbocycles. The van der Waals surface area contributed by atoms with Crippen molar-refractivity contribution >= 4 is 0 Å². The summed E-state index contributed by atoms with van der Waals surface area (Å²) in [6.07, 6.45) is 9.71. The highest BCUT2D eigenvalue weighted by atomic mass is 16.5. The van der Waals surface area contributed by atoms with E-state index in [1.807, 2.05) is 12.3 Å². The Hall–Kier alpha value is -1.05. The molecule has 0 saturated heterocycles. The molecule has 0 atom stereocenters. The number of aryl methyl sites for hydroxylation is 1. The molecule has 15 heavy (non-hydrogen) atoms. The summed E-state index contributed by atoms with van der Waals surface area (Å²) in [5, 5.41) is 0. The Morgan fingerprint density at radius 3 is 2.67 bits per heavy atom. The fourth-order valence-corrected chi connectivity index (χ4v) is 2.04. The van der Waals surface area contributed by atoms with Crippen molar-refractivity contribution < 1.29 is 4.74 Å². The molecule has 1 aromatic heterocycles. The number of hydrogen-bond acceptors (Lipinski definition) is 2. The fraction of sp³-hybridized carbons (Fsp3) is 0.615. The van der Waals surface area contributed by atoms with Crippen LogP contribution in [-0.4, -0.2) is 11.1 Å². The maximum absolute atomic E-state index is 5.84. The average molecular weight is 205 g/mol. The van der Waals surface area contributed by atoms with Crippen LogP contribution >= 0.6 is 0 Å². The van der Waals surface area contributed by atoms with E-state index in [1.165, 1.54) is 37.7 Å². The van der Waals surface area contributed by atoms with Gasteiger partial charge in [-0.1, -0.05) is 19.4 Å². The molecule has 2 nitrogen and oxygen atoms in total. The van der Waals surface area contributed by atoms with E-state index in [0.717, 1.165) is 12.3 Å². The molecule has 82 valence electrons. The maximum Gasteiger partial charge on any atom is 0.213 e. The number of hydrogen-bond donors (Lipinski definition) is 0. The summed E-state index contributed by atoms with van der Waals surface area (Å²) in [6, 6.07) is 4.10. The van der Waals surface area contributed by atoms with Crippen LogP contribution in [0.15, 0.2) is 18.3 Å². The van der Waals surface area contributed by atoms with Crippen LogP contribution in [-0.2, 0) is 6.42 Å². The zero-order valence-corrected chi connectivity index (χ0v) is 9.41. The largest absolute Gasteiger partial charge is 0.474 e. The van der Waals surface area contributed by atoms with Gasteiger partial charge in [0.05, 0.1) is 0 Å². The lowest BCUT2D eigenvalue weighted by atomic mass is 9.98. The summed E-state index contributed by atoms with van der Waals surface area (Å²) < 4.78 is 5.84. The lowest BCUT2D eigenvalue weighted by Gasteiger charge is -2.22. The van der Waals surface area contributed by atoms with Crippen LogP contribution in [0.1, 0.15) is 44.6 Å². The summed E-state index contributed by atoms with van der Waals surface area (Å²) in [5.41, 5.74) is 1.27. The predicted octanol–water partition coefficient (Wildman–Crippen LogP) is 3.36. The van der Waals surface area contributed by atoms with Gasteiger partial charge in [-0.2, -0.15) is 0 Å². The Kier molecular flexibility index (Phi) is 3.59. The van der Waals surface area contributed by atoms with Crippen molar-refractivity contribution in [1.82, 2.24) is 4.98 Å². The van der Waals surface area contributed by atoms with Gasteiger partial charge in [-0.15, -0.1) is 0 Å². The minimum atomic E-state index is 0.402. The second-order valence-corrected chi connectivity index (χ2v) is 4.24. The van der Waals surface area contributed by atoms with Crippen molar-refractivity contribution in [2.24, 2.45) is 0 Å². The fourth-order valence-electron chi connectivity index (χ4n) is 2.04. The van der Waals surface area contributed by atoms with Crippen LogP contribution in [0, 0.1) is 0 Å². The number of ether oxygens (including phenoxy) is 1. The van der Waals surface area contributed by atoms with Gasteiger partial charge in [-0.3, -0.25) is 0 Å². The standard InChI is InChI=1S/C13H19NO/c1-2-11-8-9-13(14-10-11)15-12-6-4-3-5-7-12/h8-10,12H,2-7H2,1H3. The number of aromatic nitrogens is 1. The van der Waals surface area contributed by atoms with Crippen LogP contribution in [0.2, 0.25) is 0 Å². The smallest absolute Gasteiger partial charge is 0.213 e. The lowest BCUT2D eigenvalue weighted by Crippen LogP contribution is -2.20. The quantitative estimate of drug-likeness (QED) is 0.755. The van der Waals surface area contributed by atoms with Crippen molar-refractivity contribution in [1.29, 1.82) is 0 Å². The maximum atomic E-state index is 5.84. The van der Waals surface area contributed by atoms with E-state index < -0.39 is 0 Å². The molecule has 1 heterocycles. The van der Waals surface area contributed by atoms with Gasteiger partial charge in [-0.05, 0) is 37.7 Å². The molecule has 0 aliphatic heterocycles. The van der Waals surface area contributed by atoms with Gasteiger partial charge in [0.15, 0.2) is 0 Å². The summed E-state index contributed by atoms with van der Waals surface area (Å²) in [6.45, 7) is 2.14. The monoisotopic (exact) mass is 205 g/mol. The molecule has 2 rings (SSSR count). The molecule has 2 heteroatoms. The van der Waals surface area contributed by atoms with Gasteiger partial charge in [-0.25, -0.2) is 4.98 Å². The van der Waals surface area contributed by atoms with E-state index >= 15 is 0 Å². The topological polar surface area (TPSA) is 22.1 Å².